The van der Waals surface area contributed by atoms with Gasteiger partial charge in [-0.3, -0.25) is 4.79 Å². The third-order valence-corrected chi connectivity index (χ3v) is 2.95. The SMILES string of the molecule is CC#CCCC(=O)CC1CCCCC1. The number of hydrogen-bond donors (Lipinski definition) is 0. The highest BCUT2D eigenvalue weighted by Crippen LogP contribution is 2.26. The summed E-state index contributed by atoms with van der Waals surface area (Å²) < 4.78 is 0. The molecule has 1 rings (SSSR count). The zero-order chi connectivity index (χ0) is 10.2. The van der Waals surface area contributed by atoms with Crippen molar-refractivity contribution in [3.63, 3.8) is 0 Å². The van der Waals surface area contributed by atoms with E-state index < -0.39 is 0 Å². The predicted octanol–water partition coefficient (Wildman–Crippen LogP) is 3.33. The van der Waals surface area contributed by atoms with Crippen LogP contribution >= 0.6 is 0 Å². The summed E-state index contributed by atoms with van der Waals surface area (Å²) in [6.07, 6.45) is 8.78. The molecule has 0 spiro atoms. The van der Waals surface area contributed by atoms with E-state index in [1.807, 2.05) is 6.92 Å². The van der Waals surface area contributed by atoms with Crippen LogP contribution in [0.3, 0.4) is 0 Å². The highest BCUT2D eigenvalue weighted by atomic mass is 16.1. The van der Waals surface area contributed by atoms with Gasteiger partial charge in [-0.15, -0.1) is 11.8 Å². The minimum Gasteiger partial charge on any atom is -0.300 e. The Bertz CT molecular complexity index is 225. The first-order chi connectivity index (χ1) is 6.83. The highest BCUT2D eigenvalue weighted by Gasteiger charge is 2.16. The number of carbonyl (C=O) groups excluding carboxylic acids is 1. The van der Waals surface area contributed by atoms with Gasteiger partial charge >= 0.3 is 0 Å². The van der Waals surface area contributed by atoms with Crippen molar-refractivity contribution in [1.29, 1.82) is 0 Å². The molecule has 14 heavy (non-hydrogen) atoms. The summed E-state index contributed by atoms with van der Waals surface area (Å²) >= 11 is 0. The molecule has 0 amide bonds. The van der Waals surface area contributed by atoms with Gasteiger partial charge in [0.15, 0.2) is 0 Å². The normalized spacial score (nSPS) is 17.2. The van der Waals surface area contributed by atoms with Gasteiger partial charge in [0.05, 0.1) is 0 Å². The minimum absolute atomic E-state index is 0.416. The molecule has 0 atom stereocenters. The zero-order valence-corrected chi connectivity index (χ0v) is 9.14. The van der Waals surface area contributed by atoms with E-state index in [-0.39, 0.29) is 0 Å². The third kappa shape index (κ3) is 4.46. The number of carbonyl (C=O) groups is 1. The van der Waals surface area contributed by atoms with Gasteiger partial charge in [0, 0.05) is 19.3 Å². The Hall–Kier alpha value is -0.770. The lowest BCUT2D eigenvalue weighted by Crippen LogP contribution is -2.11. The molecule has 0 aromatic rings. The molecule has 0 aromatic carbocycles. The monoisotopic (exact) mass is 192 g/mol. The van der Waals surface area contributed by atoms with E-state index in [4.69, 9.17) is 0 Å². The maximum Gasteiger partial charge on any atom is 0.134 e. The fourth-order valence-electron chi connectivity index (χ4n) is 2.14. The number of hydrogen-bond acceptors (Lipinski definition) is 1. The van der Waals surface area contributed by atoms with E-state index in [0.29, 0.717) is 18.1 Å². The molecule has 0 aliphatic heterocycles. The molecule has 1 heteroatoms. The van der Waals surface area contributed by atoms with Crippen molar-refractivity contribution in [1.82, 2.24) is 0 Å². The number of Topliss-reactive ketones (excluding diaryl/α,β-unsaturated/α-hetero) is 1. The van der Waals surface area contributed by atoms with Crippen molar-refractivity contribution in [2.24, 2.45) is 5.92 Å². The molecular weight excluding hydrogens is 172 g/mol. The first-order valence-electron chi connectivity index (χ1n) is 5.74. The fourth-order valence-corrected chi connectivity index (χ4v) is 2.14. The van der Waals surface area contributed by atoms with Crippen LogP contribution in [0.5, 0.6) is 0 Å². The van der Waals surface area contributed by atoms with Gasteiger partial charge in [0.2, 0.25) is 0 Å². The predicted molar refractivity (Wildman–Crippen MR) is 58.9 cm³/mol. The van der Waals surface area contributed by atoms with E-state index in [2.05, 4.69) is 11.8 Å². The van der Waals surface area contributed by atoms with Gasteiger partial charge in [0.25, 0.3) is 0 Å². The lowest BCUT2D eigenvalue weighted by molar-refractivity contribution is -0.120. The molecule has 78 valence electrons. The van der Waals surface area contributed by atoms with Gasteiger partial charge in [-0.05, 0) is 12.8 Å². The minimum atomic E-state index is 0.416. The maximum absolute atomic E-state index is 11.5. The Labute approximate surface area is 87.3 Å². The molecule has 0 bridgehead atoms. The zero-order valence-electron chi connectivity index (χ0n) is 9.14. The third-order valence-electron chi connectivity index (χ3n) is 2.95. The highest BCUT2D eigenvalue weighted by molar-refractivity contribution is 5.78. The fraction of sp³-hybridized carbons (Fsp3) is 0.769. The van der Waals surface area contributed by atoms with Gasteiger partial charge < -0.3 is 0 Å². The molecule has 1 fully saturated rings. The second-order valence-electron chi connectivity index (χ2n) is 4.17. The molecule has 0 heterocycles. The molecule has 1 aliphatic carbocycles. The molecule has 0 saturated heterocycles. The van der Waals surface area contributed by atoms with Crippen LogP contribution in [0.4, 0.5) is 0 Å². The lowest BCUT2D eigenvalue weighted by Gasteiger charge is -2.20. The Morgan fingerprint density at radius 1 is 1.29 bits per heavy atom. The summed E-state index contributed by atoms with van der Waals surface area (Å²) in [5.41, 5.74) is 0. The van der Waals surface area contributed by atoms with Crippen LogP contribution in [0.25, 0.3) is 0 Å². The van der Waals surface area contributed by atoms with Gasteiger partial charge in [-0.1, -0.05) is 32.1 Å². The first-order valence-corrected chi connectivity index (χ1v) is 5.74. The van der Waals surface area contributed by atoms with E-state index >= 15 is 0 Å². The molecule has 1 saturated carbocycles. The van der Waals surface area contributed by atoms with E-state index in [1.165, 1.54) is 32.1 Å². The standard InChI is InChI=1S/C13H20O/c1-2-3-5-10-13(14)11-12-8-6-4-7-9-12/h12H,4-11H2,1H3. The van der Waals surface area contributed by atoms with Crippen LogP contribution in [0.15, 0.2) is 0 Å². The topological polar surface area (TPSA) is 17.1 Å². The molecule has 1 nitrogen and oxygen atoms in total. The van der Waals surface area contributed by atoms with Crippen molar-refractivity contribution < 1.29 is 4.79 Å². The van der Waals surface area contributed by atoms with Crippen molar-refractivity contribution in [3.05, 3.63) is 0 Å². The molecule has 0 N–H and O–H groups in total. The average Bonchev–Trinajstić information content (AvgIpc) is 2.20. The van der Waals surface area contributed by atoms with Crippen molar-refractivity contribution in [2.45, 2.75) is 58.3 Å². The van der Waals surface area contributed by atoms with Crippen LogP contribution in [0.2, 0.25) is 0 Å². The summed E-state index contributed by atoms with van der Waals surface area (Å²) in [5.74, 6) is 6.87. The summed E-state index contributed by atoms with van der Waals surface area (Å²) in [5, 5.41) is 0. The van der Waals surface area contributed by atoms with Gasteiger partial charge in [-0.25, -0.2) is 0 Å². The van der Waals surface area contributed by atoms with Crippen LogP contribution in [0.1, 0.15) is 58.3 Å². The van der Waals surface area contributed by atoms with Crippen LogP contribution in [-0.2, 0) is 4.79 Å². The Morgan fingerprint density at radius 2 is 2.00 bits per heavy atom. The quantitative estimate of drug-likeness (QED) is 0.624. The smallest absolute Gasteiger partial charge is 0.134 e. The number of ketones is 1. The summed E-state index contributed by atoms with van der Waals surface area (Å²) in [6.45, 7) is 1.83. The van der Waals surface area contributed by atoms with Gasteiger partial charge in [0.1, 0.15) is 5.78 Å². The Balaban J connectivity index is 2.14. The molecule has 0 unspecified atom stereocenters. The second kappa shape index (κ2) is 6.65. The largest absolute Gasteiger partial charge is 0.300 e. The van der Waals surface area contributed by atoms with Crippen LogP contribution in [0, 0.1) is 17.8 Å². The average molecular weight is 192 g/mol. The summed E-state index contributed by atoms with van der Waals surface area (Å²) in [7, 11) is 0. The lowest BCUT2D eigenvalue weighted by atomic mass is 9.85. The Morgan fingerprint density at radius 3 is 2.64 bits per heavy atom. The molecular formula is C13H20O. The van der Waals surface area contributed by atoms with E-state index in [9.17, 15) is 4.79 Å². The number of rotatable bonds is 4. The Kier molecular flexibility index (Phi) is 5.37. The van der Waals surface area contributed by atoms with Crippen molar-refractivity contribution in [3.8, 4) is 11.8 Å². The second-order valence-corrected chi connectivity index (χ2v) is 4.17. The van der Waals surface area contributed by atoms with E-state index in [0.717, 1.165) is 12.8 Å². The maximum atomic E-state index is 11.5. The molecule has 0 radical (unpaired) electrons. The summed E-state index contributed by atoms with van der Waals surface area (Å²) in [4.78, 5) is 11.5. The van der Waals surface area contributed by atoms with Crippen molar-refractivity contribution in [2.75, 3.05) is 0 Å². The molecule has 0 aromatic heterocycles. The van der Waals surface area contributed by atoms with Crippen LogP contribution < -0.4 is 0 Å². The van der Waals surface area contributed by atoms with Gasteiger partial charge in [-0.2, -0.15) is 0 Å². The van der Waals surface area contributed by atoms with Crippen LogP contribution in [-0.4, -0.2) is 5.78 Å². The summed E-state index contributed by atoms with van der Waals surface area (Å²) in [6, 6.07) is 0. The molecule has 1 aliphatic rings. The van der Waals surface area contributed by atoms with E-state index in [1.54, 1.807) is 0 Å². The first kappa shape index (κ1) is 11.3. The van der Waals surface area contributed by atoms with Crippen molar-refractivity contribution >= 4 is 5.78 Å².